The lowest BCUT2D eigenvalue weighted by molar-refractivity contribution is 0.0950. The number of ether oxygens (including phenoxy) is 2. The van der Waals surface area contributed by atoms with Gasteiger partial charge in [0, 0.05) is 41.4 Å². The van der Waals surface area contributed by atoms with Gasteiger partial charge in [0.2, 0.25) is 0 Å². The van der Waals surface area contributed by atoms with Gasteiger partial charge in [0.1, 0.15) is 16.8 Å². The minimum absolute atomic E-state index is 0.191. The van der Waals surface area contributed by atoms with Gasteiger partial charge in [0.05, 0.1) is 37.3 Å². The Labute approximate surface area is 236 Å². The normalized spacial score (nSPS) is 17.0. The van der Waals surface area contributed by atoms with Crippen molar-refractivity contribution < 1.29 is 14.3 Å². The van der Waals surface area contributed by atoms with Crippen LogP contribution in [0.5, 0.6) is 5.75 Å². The van der Waals surface area contributed by atoms with Crippen LogP contribution >= 0.6 is 23.2 Å². The molecule has 39 heavy (non-hydrogen) atoms. The molecular formula is C29H27Cl2N5O3. The van der Waals surface area contributed by atoms with E-state index in [9.17, 15) is 4.79 Å². The number of benzene rings is 2. The molecule has 1 unspecified atom stereocenters. The van der Waals surface area contributed by atoms with Crippen molar-refractivity contribution in [3.63, 3.8) is 0 Å². The number of nitrogens with zero attached hydrogens (tertiary/aromatic N) is 4. The van der Waals surface area contributed by atoms with Gasteiger partial charge in [-0.15, -0.1) is 5.10 Å². The van der Waals surface area contributed by atoms with E-state index >= 15 is 0 Å². The maximum Gasteiger partial charge on any atom is 0.255 e. The van der Waals surface area contributed by atoms with E-state index < -0.39 is 0 Å². The summed E-state index contributed by atoms with van der Waals surface area (Å²) in [4.78, 5) is 20.4. The first-order chi connectivity index (χ1) is 19.1. The van der Waals surface area contributed by atoms with Crippen molar-refractivity contribution in [2.24, 2.45) is 0 Å². The van der Waals surface area contributed by atoms with Gasteiger partial charge in [-0.1, -0.05) is 41.4 Å². The average molecular weight is 564 g/mol. The van der Waals surface area contributed by atoms with Gasteiger partial charge in [-0.25, -0.2) is 0 Å². The van der Waals surface area contributed by atoms with Gasteiger partial charge >= 0.3 is 0 Å². The number of fused-ring (bicyclic) bond motifs is 2. The predicted molar refractivity (Wildman–Crippen MR) is 152 cm³/mol. The summed E-state index contributed by atoms with van der Waals surface area (Å²) >= 11 is 12.6. The summed E-state index contributed by atoms with van der Waals surface area (Å²) in [6, 6.07) is 13.4. The van der Waals surface area contributed by atoms with Crippen LogP contribution in [0.1, 0.15) is 34.7 Å². The van der Waals surface area contributed by atoms with Crippen molar-refractivity contribution in [3.05, 3.63) is 76.0 Å². The average Bonchev–Trinajstić information content (AvgIpc) is 2.96. The molecule has 1 fully saturated rings. The molecule has 2 aromatic carbocycles. The van der Waals surface area contributed by atoms with Crippen LogP contribution in [0.15, 0.2) is 54.9 Å². The molecule has 0 radical (unpaired) electrons. The van der Waals surface area contributed by atoms with Crippen LogP contribution in [0.3, 0.4) is 0 Å². The monoisotopic (exact) mass is 563 g/mol. The number of rotatable bonds is 6. The summed E-state index contributed by atoms with van der Waals surface area (Å²) in [7, 11) is 0. The van der Waals surface area contributed by atoms with Gasteiger partial charge < -0.3 is 19.7 Å². The molecule has 0 saturated carbocycles. The molecule has 4 heterocycles. The molecule has 0 spiro atoms. The molecule has 6 rings (SSSR count). The van der Waals surface area contributed by atoms with Crippen molar-refractivity contribution in [1.29, 1.82) is 0 Å². The van der Waals surface area contributed by atoms with Crippen LogP contribution in [-0.4, -0.2) is 60.5 Å². The first-order valence-corrected chi connectivity index (χ1v) is 13.8. The highest BCUT2D eigenvalue weighted by molar-refractivity contribution is 6.35. The Morgan fingerprint density at radius 3 is 2.64 bits per heavy atom. The van der Waals surface area contributed by atoms with E-state index in [2.05, 4.69) is 26.5 Å². The van der Waals surface area contributed by atoms with Crippen molar-refractivity contribution in [3.8, 4) is 16.9 Å². The lowest BCUT2D eigenvalue weighted by Gasteiger charge is -2.31. The Bertz CT molecular complexity index is 1510. The predicted octanol–water partition coefficient (Wildman–Crippen LogP) is 5.52. The summed E-state index contributed by atoms with van der Waals surface area (Å²) in [5.74, 6) is 1.08. The first kappa shape index (κ1) is 25.8. The molecule has 0 aliphatic carbocycles. The van der Waals surface area contributed by atoms with Crippen molar-refractivity contribution in [2.45, 2.75) is 18.8 Å². The smallest absolute Gasteiger partial charge is 0.255 e. The highest BCUT2D eigenvalue weighted by Gasteiger charge is 2.26. The molecule has 8 nitrogen and oxygen atoms in total. The number of morpholine rings is 1. The zero-order valence-electron chi connectivity index (χ0n) is 21.2. The van der Waals surface area contributed by atoms with Crippen molar-refractivity contribution in [1.82, 2.24) is 20.5 Å². The summed E-state index contributed by atoms with van der Waals surface area (Å²) in [5.41, 5.74) is 5.07. The number of anilines is 1. The van der Waals surface area contributed by atoms with Crippen LogP contribution < -0.4 is 15.0 Å². The number of carbonyl (C=O) groups is 1. The zero-order chi connectivity index (χ0) is 26.8. The molecule has 2 aliphatic rings. The Hall–Kier alpha value is -3.46. The lowest BCUT2D eigenvalue weighted by atomic mass is 9.90. The molecule has 10 heteroatoms. The highest BCUT2D eigenvalue weighted by atomic mass is 35.5. The van der Waals surface area contributed by atoms with E-state index in [1.165, 1.54) is 5.56 Å². The van der Waals surface area contributed by atoms with E-state index in [0.717, 1.165) is 29.7 Å². The molecule has 1 N–H and O–H groups in total. The quantitative estimate of drug-likeness (QED) is 0.330. The van der Waals surface area contributed by atoms with Crippen LogP contribution in [0, 0.1) is 0 Å². The van der Waals surface area contributed by atoms with E-state index in [4.69, 9.17) is 37.7 Å². The number of pyridine rings is 1. The molecule has 2 aromatic heterocycles. The van der Waals surface area contributed by atoms with Crippen molar-refractivity contribution in [2.75, 3.05) is 44.4 Å². The second-order valence-corrected chi connectivity index (χ2v) is 10.5. The summed E-state index contributed by atoms with van der Waals surface area (Å²) in [5, 5.41) is 12.9. The molecule has 1 saturated heterocycles. The maximum atomic E-state index is 13.6. The summed E-state index contributed by atoms with van der Waals surface area (Å²) in [6.45, 7) is 3.60. The van der Waals surface area contributed by atoms with Crippen LogP contribution in [0.25, 0.3) is 22.2 Å². The summed E-state index contributed by atoms with van der Waals surface area (Å²) in [6.07, 6.45) is 5.02. The van der Waals surface area contributed by atoms with Crippen LogP contribution in [-0.2, 0) is 4.74 Å². The number of hydrogen-bond acceptors (Lipinski definition) is 7. The second-order valence-electron chi connectivity index (χ2n) is 9.65. The van der Waals surface area contributed by atoms with E-state index in [0.29, 0.717) is 77.7 Å². The van der Waals surface area contributed by atoms with Gasteiger partial charge in [0.15, 0.2) is 0 Å². The molecule has 2 aliphatic heterocycles. The minimum Gasteiger partial charge on any atom is -0.493 e. The Morgan fingerprint density at radius 2 is 1.82 bits per heavy atom. The van der Waals surface area contributed by atoms with E-state index in [1.807, 2.05) is 30.3 Å². The third kappa shape index (κ3) is 5.37. The van der Waals surface area contributed by atoms with Crippen LogP contribution in [0.2, 0.25) is 10.0 Å². The zero-order valence-corrected chi connectivity index (χ0v) is 22.7. The molecule has 1 atom stereocenters. The fourth-order valence-corrected chi connectivity index (χ4v) is 5.88. The van der Waals surface area contributed by atoms with Crippen molar-refractivity contribution >= 4 is 45.8 Å². The van der Waals surface area contributed by atoms with Crippen LogP contribution in [0.4, 0.5) is 5.69 Å². The Balaban J connectivity index is 1.31. The molecule has 1 amide bonds. The molecular weight excluding hydrogens is 537 g/mol. The third-order valence-electron chi connectivity index (χ3n) is 7.23. The number of nitrogens with one attached hydrogen (secondary N) is 1. The number of para-hydroxylation sites is 1. The van der Waals surface area contributed by atoms with E-state index in [-0.39, 0.29) is 5.91 Å². The first-order valence-electron chi connectivity index (χ1n) is 13.0. The largest absolute Gasteiger partial charge is 0.493 e. The number of amides is 1. The second kappa shape index (κ2) is 11.3. The Kier molecular flexibility index (Phi) is 7.50. The number of hydrogen-bond donors (Lipinski definition) is 1. The molecule has 4 aromatic rings. The number of aromatic nitrogens is 3. The van der Waals surface area contributed by atoms with Gasteiger partial charge in [-0.2, -0.15) is 5.10 Å². The fraction of sp³-hybridized carbons (Fsp3) is 0.310. The van der Waals surface area contributed by atoms with Gasteiger partial charge in [0.25, 0.3) is 5.91 Å². The maximum absolute atomic E-state index is 13.6. The van der Waals surface area contributed by atoms with E-state index in [1.54, 1.807) is 18.5 Å². The fourth-order valence-electron chi connectivity index (χ4n) is 5.35. The standard InChI is InChI=1S/C29H27Cl2N5O3/c30-20-13-19(14-21(31)15-20)23-17-34-35-27-26(23)33-16-24(28(27)36-8-11-38-12-9-36)29(37)32-7-5-18-6-10-39-25-4-2-1-3-22(18)25/h1-4,13-18H,5-12H2,(H,32,37). The summed E-state index contributed by atoms with van der Waals surface area (Å²) < 4.78 is 11.4. The molecule has 0 bridgehead atoms. The topological polar surface area (TPSA) is 89.5 Å². The number of halogens is 2. The highest BCUT2D eigenvalue weighted by Crippen LogP contribution is 2.37. The van der Waals surface area contributed by atoms with Gasteiger partial charge in [-0.05, 0) is 54.2 Å². The third-order valence-corrected chi connectivity index (χ3v) is 7.67. The molecule has 200 valence electrons. The lowest BCUT2D eigenvalue weighted by Crippen LogP contribution is -2.38. The minimum atomic E-state index is -0.191. The Morgan fingerprint density at radius 1 is 1.03 bits per heavy atom. The number of carbonyl (C=O) groups excluding carboxylic acids is 1. The van der Waals surface area contributed by atoms with Gasteiger partial charge in [-0.3, -0.25) is 9.78 Å². The SMILES string of the molecule is O=C(NCCC1CCOc2ccccc21)c1cnc2c(-c3cc(Cl)cc(Cl)c3)cnnc2c1N1CCOCC1.